The molecule has 4 aromatic rings. The van der Waals surface area contributed by atoms with Crippen LogP contribution in [0, 0.1) is 13.8 Å². The van der Waals surface area contributed by atoms with Crippen LogP contribution in [0.15, 0.2) is 30.3 Å². The lowest BCUT2D eigenvalue weighted by Crippen LogP contribution is -2.21. The number of aryl methyl sites for hydroxylation is 2. The van der Waals surface area contributed by atoms with E-state index in [1.165, 1.54) is 11.1 Å². The number of carbonyl (C=O) groups is 1. The van der Waals surface area contributed by atoms with Crippen molar-refractivity contribution in [2.75, 3.05) is 14.1 Å². The van der Waals surface area contributed by atoms with Gasteiger partial charge < -0.3 is 9.88 Å². The van der Waals surface area contributed by atoms with Crippen LogP contribution in [0.4, 0.5) is 0 Å². The maximum atomic E-state index is 12.2. The van der Waals surface area contributed by atoms with Crippen molar-refractivity contribution >= 4 is 27.8 Å². The average molecular weight is 333 g/mol. The molecule has 25 heavy (non-hydrogen) atoms. The highest BCUT2D eigenvalue weighted by molar-refractivity contribution is 6.01. The molecule has 2 aromatic carbocycles. The van der Waals surface area contributed by atoms with Gasteiger partial charge in [0.1, 0.15) is 5.69 Å². The van der Waals surface area contributed by atoms with Gasteiger partial charge in [0.2, 0.25) is 0 Å². The number of H-pyrrole nitrogens is 2. The summed E-state index contributed by atoms with van der Waals surface area (Å²) in [5.41, 5.74) is 6.53. The van der Waals surface area contributed by atoms with Crippen molar-refractivity contribution in [2.24, 2.45) is 0 Å². The molecule has 126 valence electrons. The fourth-order valence-electron chi connectivity index (χ4n) is 2.97. The molecule has 6 heteroatoms. The highest BCUT2D eigenvalue weighted by Crippen LogP contribution is 2.28. The second kappa shape index (κ2) is 5.44. The van der Waals surface area contributed by atoms with Crippen molar-refractivity contribution in [1.82, 2.24) is 25.1 Å². The number of nitrogens with zero attached hydrogens (tertiary/aromatic N) is 3. The molecular weight excluding hydrogens is 314 g/mol. The lowest BCUT2D eigenvalue weighted by molar-refractivity contribution is 0.0828. The summed E-state index contributed by atoms with van der Waals surface area (Å²) in [6.45, 7) is 4.16. The molecule has 0 bridgehead atoms. The highest BCUT2D eigenvalue weighted by atomic mass is 16.2. The number of carbonyl (C=O) groups excluding carboxylic acids is 1. The topological polar surface area (TPSA) is 77.7 Å². The first-order valence-electron chi connectivity index (χ1n) is 8.11. The van der Waals surface area contributed by atoms with Crippen molar-refractivity contribution < 1.29 is 4.79 Å². The van der Waals surface area contributed by atoms with Crippen molar-refractivity contribution in [2.45, 2.75) is 13.8 Å². The highest BCUT2D eigenvalue weighted by Gasteiger charge is 2.16. The standard InChI is InChI=1S/C19H19N5O/c1-10-7-15-16(8-11(10)2)21-18(20-15)17-13-9-12(19(25)24(3)4)5-6-14(13)22-23-17/h5-9H,1-4H3,(H,20,21)(H,22,23). The van der Waals surface area contributed by atoms with E-state index in [1.54, 1.807) is 25.1 Å². The number of imidazole rings is 1. The number of nitrogens with one attached hydrogen (secondary N) is 2. The Morgan fingerprint density at radius 3 is 2.56 bits per heavy atom. The number of benzene rings is 2. The minimum atomic E-state index is -0.0371. The van der Waals surface area contributed by atoms with Gasteiger partial charge in [-0.15, -0.1) is 0 Å². The third-order valence-corrected chi connectivity index (χ3v) is 4.54. The first kappa shape index (κ1) is 15.4. The zero-order valence-corrected chi connectivity index (χ0v) is 14.6. The number of hydrogen-bond acceptors (Lipinski definition) is 3. The molecule has 0 saturated heterocycles. The zero-order valence-electron chi connectivity index (χ0n) is 14.6. The SMILES string of the molecule is Cc1cc2nc(-c3n[nH]c4ccc(C(=O)N(C)C)cc34)[nH]c2cc1C. The van der Waals surface area contributed by atoms with Gasteiger partial charge in [-0.2, -0.15) is 5.10 Å². The van der Waals surface area contributed by atoms with Gasteiger partial charge in [-0.25, -0.2) is 4.98 Å². The number of amides is 1. The second-order valence-corrected chi connectivity index (χ2v) is 6.57. The van der Waals surface area contributed by atoms with Gasteiger partial charge in [-0.1, -0.05) is 0 Å². The lowest BCUT2D eigenvalue weighted by atomic mass is 10.1. The molecule has 0 aliphatic rings. The van der Waals surface area contributed by atoms with Crippen molar-refractivity contribution in [3.05, 3.63) is 47.0 Å². The molecule has 2 N–H and O–H groups in total. The number of hydrogen-bond donors (Lipinski definition) is 2. The molecule has 0 unspecified atom stereocenters. The molecule has 2 aromatic heterocycles. The van der Waals surface area contributed by atoms with Gasteiger partial charge in [0.15, 0.2) is 5.82 Å². The average Bonchev–Trinajstić information content (AvgIpc) is 3.17. The first-order valence-corrected chi connectivity index (χ1v) is 8.11. The fraction of sp³-hybridized carbons (Fsp3) is 0.211. The Morgan fingerprint density at radius 2 is 1.80 bits per heavy atom. The Hall–Kier alpha value is -3.15. The van der Waals surface area contributed by atoms with Crippen LogP contribution in [0.2, 0.25) is 0 Å². The predicted octanol–water partition coefficient (Wildman–Crippen LogP) is 3.42. The van der Waals surface area contributed by atoms with Gasteiger partial charge in [-0.3, -0.25) is 9.89 Å². The quantitative estimate of drug-likeness (QED) is 0.590. The number of fused-ring (bicyclic) bond motifs is 2. The van der Waals surface area contributed by atoms with Crippen LogP contribution >= 0.6 is 0 Å². The van der Waals surface area contributed by atoms with Gasteiger partial charge in [-0.05, 0) is 55.3 Å². The maximum Gasteiger partial charge on any atom is 0.253 e. The molecule has 0 fully saturated rings. The summed E-state index contributed by atoms with van der Waals surface area (Å²) in [7, 11) is 3.49. The molecule has 0 spiro atoms. The van der Waals surface area contributed by atoms with E-state index in [9.17, 15) is 4.79 Å². The van der Waals surface area contributed by atoms with Crippen LogP contribution in [0.1, 0.15) is 21.5 Å². The maximum absolute atomic E-state index is 12.2. The number of aromatic amines is 2. The summed E-state index contributed by atoms with van der Waals surface area (Å²) in [6, 6.07) is 9.70. The van der Waals surface area contributed by atoms with E-state index in [0.717, 1.165) is 27.6 Å². The van der Waals surface area contributed by atoms with Crippen molar-refractivity contribution in [3.63, 3.8) is 0 Å². The van der Waals surface area contributed by atoms with E-state index in [-0.39, 0.29) is 5.91 Å². The summed E-state index contributed by atoms with van der Waals surface area (Å²) in [6.07, 6.45) is 0. The summed E-state index contributed by atoms with van der Waals surface area (Å²) < 4.78 is 0. The van der Waals surface area contributed by atoms with Crippen LogP contribution < -0.4 is 0 Å². The summed E-state index contributed by atoms with van der Waals surface area (Å²) in [4.78, 5) is 21.8. The predicted molar refractivity (Wildman–Crippen MR) is 98.7 cm³/mol. The Kier molecular flexibility index (Phi) is 3.35. The molecule has 0 saturated carbocycles. The van der Waals surface area contributed by atoms with Crippen LogP contribution in [0.3, 0.4) is 0 Å². The van der Waals surface area contributed by atoms with Crippen LogP contribution in [0.5, 0.6) is 0 Å². The molecule has 0 atom stereocenters. The number of rotatable bonds is 2. The van der Waals surface area contributed by atoms with Gasteiger partial charge in [0.25, 0.3) is 5.91 Å². The second-order valence-electron chi connectivity index (χ2n) is 6.57. The van der Waals surface area contributed by atoms with Gasteiger partial charge in [0.05, 0.1) is 16.6 Å². The van der Waals surface area contributed by atoms with E-state index in [0.29, 0.717) is 11.4 Å². The van der Waals surface area contributed by atoms with Crippen molar-refractivity contribution in [1.29, 1.82) is 0 Å². The number of aromatic nitrogens is 4. The van der Waals surface area contributed by atoms with Crippen LogP contribution in [-0.4, -0.2) is 45.1 Å². The molecule has 4 rings (SSSR count). The third-order valence-electron chi connectivity index (χ3n) is 4.54. The molecule has 6 nitrogen and oxygen atoms in total. The fourth-order valence-corrected chi connectivity index (χ4v) is 2.97. The van der Waals surface area contributed by atoms with E-state index < -0.39 is 0 Å². The summed E-state index contributed by atoms with van der Waals surface area (Å²) in [5.74, 6) is 0.658. The first-order chi connectivity index (χ1) is 11.9. The molecule has 0 aliphatic heterocycles. The molecule has 1 amide bonds. The normalized spacial score (nSPS) is 11.4. The largest absolute Gasteiger partial charge is 0.345 e. The van der Waals surface area contributed by atoms with Gasteiger partial charge in [0, 0.05) is 25.0 Å². The Labute approximate surface area is 144 Å². The monoisotopic (exact) mass is 333 g/mol. The smallest absolute Gasteiger partial charge is 0.253 e. The Balaban J connectivity index is 1.89. The minimum Gasteiger partial charge on any atom is -0.345 e. The van der Waals surface area contributed by atoms with Crippen molar-refractivity contribution in [3.8, 4) is 11.5 Å². The van der Waals surface area contributed by atoms with Gasteiger partial charge >= 0.3 is 0 Å². The zero-order chi connectivity index (χ0) is 17.7. The lowest BCUT2D eigenvalue weighted by Gasteiger charge is -2.09. The van der Waals surface area contributed by atoms with Crippen LogP contribution in [-0.2, 0) is 0 Å². The van der Waals surface area contributed by atoms with E-state index in [2.05, 4.69) is 46.1 Å². The summed E-state index contributed by atoms with van der Waals surface area (Å²) in [5, 5.41) is 8.30. The Bertz CT molecular complexity index is 1080. The molecule has 0 aliphatic carbocycles. The van der Waals surface area contributed by atoms with E-state index in [4.69, 9.17) is 0 Å². The minimum absolute atomic E-state index is 0.0371. The molecule has 0 radical (unpaired) electrons. The van der Waals surface area contributed by atoms with Crippen LogP contribution in [0.25, 0.3) is 33.5 Å². The molecular formula is C19H19N5O. The molecule has 2 heterocycles. The van der Waals surface area contributed by atoms with E-state index in [1.807, 2.05) is 12.1 Å². The Morgan fingerprint density at radius 1 is 1.04 bits per heavy atom. The van der Waals surface area contributed by atoms with E-state index >= 15 is 0 Å². The summed E-state index contributed by atoms with van der Waals surface area (Å²) >= 11 is 0. The third kappa shape index (κ3) is 2.46.